The van der Waals surface area contributed by atoms with Crippen molar-refractivity contribution in [2.24, 2.45) is 0 Å². The third-order valence-electron chi connectivity index (χ3n) is 7.65. The van der Waals surface area contributed by atoms with Crippen LogP contribution >= 0.6 is 0 Å². The Bertz CT molecular complexity index is 1350. The summed E-state index contributed by atoms with van der Waals surface area (Å²) < 4.78 is 23.5. The predicted molar refractivity (Wildman–Crippen MR) is 158 cm³/mol. The quantitative estimate of drug-likeness (QED) is 0.353. The first-order valence-electron chi connectivity index (χ1n) is 14.0. The van der Waals surface area contributed by atoms with Gasteiger partial charge in [-0.3, -0.25) is 9.59 Å². The second kappa shape index (κ2) is 13.7. The van der Waals surface area contributed by atoms with E-state index in [-0.39, 0.29) is 34.7 Å². The van der Waals surface area contributed by atoms with Crippen molar-refractivity contribution >= 4 is 21.7 Å². The van der Waals surface area contributed by atoms with E-state index < -0.39 is 9.84 Å². The molecule has 212 valence electrons. The van der Waals surface area contributed by atoms with Gasteiger partial charge in [0.05, 0.1) is 16.9 Å². The van der Waals surface area contributed by atoms with Crippen molar-refractivity contribution in [3.05, 3.63) is 102 Å². The largest absolute Gasteiger partial charge is 0.353 e. The molecule has 8 heteroatoms. The van der Waals surface area contributed by atoms with E-state index in [2.05, 4.69) is 27.7 Å². The summed E-state index contributed by atoms with van der Waals surface area (Å²) in [6.45, 7) is 4.56. The van der Waals surface area contributed by atoms with Crippen LogP contribution in [0.5, 0.6) is 0 Å². The molecular weight excluding hydrogens is 522 g/mol. The van der Waals surface area contributed by atoms with Crippen molar-refractivity contribution in [3.8, 4) is 0 Å². The summed E-state index contributed by atoms with van der Waals surface area (Å²) in [6, 6.07) is 26.0. The maximum Gasteiger partial charge on any atom is 0.251 e. The van der Waals surface area contributed by atoms with Gasteiger partial charge < -0.3 is 15.5 Å². The van der Waals surface area contributed by atoms with E-state index in [1.54, 1.807) is 24.3 Å². The van der Waals surface area contributed by atoms with Gasteiger partial charge >= 0.3 is 0 Å². The Balaban J connectivity index is 1.29. The first-order chi connectivity index (χ1) is 19.2. The fourth-order valence-corrected chi connectivity index (χ4v) is 5.90. The summed E-state index contributed by atoms with van der Waals surface area (Å²) >= 11 is 0. The molecule has 0 aliphatic carbocycles. The molecule has 1 aliphatic heterocycles. The number of nitrogens with one attached hydrogen (secondary N) is 2. The molecule has 3 aromatic rings. The van der Waals surface area contributed by atoms with Crippen LogP contribution in [0.15, 0.2) is 89.8 Å². The normalized spacial score (nSPS) is 16.1. The summed E-state index contributed by atoms with van der Waals surface area (Å²) in [4.78, 5) is 28.6. The van der Waals surface area contributed by atoms with E-state index >= 15 is 0 Å². The molecule has 2 atom stereocenters. The first kappa shape index (κ1) is 29.5. The van der Waals surface area contributed by atoms with E-state index in [1.807, 2.05) is 55.5 Å². The zero-order valence-electron chi connectivity index (χ0n) is 23.3. The molecular formula is C32H39N3O4S. The Morgan fingerprint density at radius 1 is 0.875 bits per heavy atom. The standard InChI is InChI=1S/C32H39N3O4S/c1-3-29(24-14-16-28(17-15-24)40(2,38)39)32(37)33-27-18-21-35(22-19-27)23-20-30(25-10-6-4-7-11-25)34-31(36)26-12-8-5-9-13-26/h4-17,27,29-30H,3,18-23H2,1-2H3,(H,33,37)(H,34,36). The van der Waals surface area contributed by atoms with E-state index in [4.69, 9.17) is 0 Å². The van der Waals surface area contributed by atoms with E-state index in [1.165, 1.54) is 6.26 Å². The molecule has 1 saturated heterocycles. The Morgan fingerprint density at radius 2 is 1.48 bits per heavy atom. The molecule has 0 saturated carbocycles. The summed E-state index contributed by atoms with van der Waals surface area (Å²) in [7, 11) is -3.27. The summed E-state index contributed by atoms with van der Waals surface area (Å²) in [5, 5.41) is 6.44. The second-order valence-corrected chi connectivity index (χ2v) is 12.5. The van der Waals surface area contributed by atoms with Gasteiger partial charge in [-0.15, -0.1) is 0 Å². The van der Waals surface area contributed by atoms with Crippen molar-refractivity contribution in [2.75, 3.05) is 25.9 Å². The fourth-order valence-electron chi connectivity index (χ4n) is 5.27. The van der Waals surface area contributed by atoms with Gasteiger partial charge in [0.25, 0.3) is 5.91 Å². The third kappa shape index (κ3) is 8.02. The molecule has 2 amide bonds. The van der Waals surface area contributed by atoms with Gasteiger partial charge in [0, 0.05) is 37.5 Å². The van der Waals surface area contributed by atoms with Crippen LogP contribution in [0.3, 0.4) is 0 Å². The molecule has 0 spiro atoms. The number of likely N-dealkylation sites (tertiary alicyclic amines) is 1. The zero-order chi connectivity index (χ0) is 28.5. The van der Waals surface area contributed by atoms with Crippen LogP contribution in [0.25, 0.3) is 0 Å². The van der Waals surface area contributed by atoms with E-state index in [0.717, 1.165) is 50.0 Å². The average molecular weight is 562 g/mol. The van der Waals surface area contributed by atoms with Gasteiger partial charge in [0.2, 0.25) is 5.91 Å². The number of sulfone groups is 1. The fraction of sp³-hybridized carbons (Fsp3) is 0.375. The number of hydrogen-bond acceptors (Lipinski definition) is 5. The van der Waals surface area contributed by atoms with Crippen LogP contribution in [0, 0.1) is 0 Å². The monoisotopic (exact) mass is 561 g/mol. The van der Waals surface area contributed by atoms with Crippen LogP contribution in [0.4, 0.5) is 0 Å². The minimum absolute atomic E-state index is 0.0131. The lowest BCUT2D eigenvalue weighted by atomic mass is 9.94. The minimum atomic E-state index is -3.27. The van der Waals surface area contributed by atoms with Gasteiger partial charge in [-0.1, -0.05) is 67.6 Å². The number of hydrogen-bond donors (Lipinski definition) is 2. The van der Waals surface area contributed by atoms with Gasteiger partial charge in [-0.25, -0.2) is 8.42 Å². The Morgan fingerprint density at radius 3 is 2.05 bits per heavy atom. The van der Waals surface area contributed by atoms with Gasteiger partial charge in [-0.05, 0) is 61.1 Å². The van der Waals surface area contributed by atoms with Crippen molar-refractivity contribution in [1.82, 2.24) is 15.5 Å². The molecule has 2 N–H and O–H groups in total. The molecule has 1 heterocycles. The lowest BCUT2D eigenvalue weighted by Crippen LogP contribution is -2.46. The molecule has 1 fully saturated rings. The van der Waals surface area contributed by atoms with E-state index in [0.29, 0.717) is 12.0 Å². The lowest BCUT2D eigenvalue weighted by Gasteiger charge is -2.34. The first-order valence-corrected chi connectivity index (χ1v) is 15.9. The highest BCUT2D eigenvalue weighted by Crippen LogP contribution is 2.24. The number of carbonyl (C=O) groups is 2. The highest BCUT2D eigenvalue weighted by Gasteiger charge is 2.26. The smallest absolute Gasteiger partial charge is 0.251 e. The van der Waals surface area contributed by atoms with Gasteiger partial charge in [0.1, 0.15) is 0 Å². The zero-order valence-corrected chi connectivity index (χ0v) is 24.1. The molecule has 1 aliphatic rings. The van der Waals surface area contributed by atoms with Gasteiger partial charge in [0.15, 0.2) is 9.84 Å². The van der Waals surface area contributed by atoms with Crippen LogP contribution in [0.1, 0.15) is 66.1 Å². The number of benzene rings is 3. The Labute approximate surface area is 237 Å². The molecule has 40 heavy (non-hydrogen) atoms. The van der Waals surface area contributed by atoms with Crippen molar-refractivity contribution in [1.29, 1.82) is 0 Å². The second-order valence-electron chi connectivity index (χ2n) is 10.5. The highest BCUT2D eigenvalue weighted by atomic mass is 32.2. The number of amides is 2. The minimum Gasteiger partial charge on any atom is -0.353 e. The maximum absolute atomic E-state index is 13.1. The lowest BCUT2D eigenvalue weighted by molar-refractivity contribution is -0.123. The van der Waals surface area contributed by atoms with Crippen molar-refractivity contribution in [2.45, 2.75) is 55.5 Å². The molecule has 0 radical (unpaired) electrons. The summed E-state index contributed by atoms with van der Waals surface area (Å²) in [6.07, 6.45) is 4.34. The van der Waals surface area contributed by atoms with E-state index in [9.17, 15) is 18.0 Å². The maximum atomic E-state index is 13.1. The molecule has 7 nitrogen and oxygen atoms in total. The van der Waals surface area contributed by atoms with Crippen LogP contribution in [0.2, 0.25) is 0 Å². The molecule has 2 unspecified atom stereocenters. The Kier molecular flexibility index (Phi) is 10.1. The van der Waals surface area contributed by atoms with Crippen molar-refractivity contribution < 1.29 is 18.0 Å². The molecule has 4 rings (SSSR count). The van der Waals surface area contributed by atoms with Crippen LogP contribution < -0.4 is 10.6 Å². The number of rotatable bonds is 11. The molecule has 3 aromatic carbocycles. The number of carbonyl (C=O) groups excluding carboxylic acids is 2. The Hall–Kier alpha value is -3.49. The summed E-state index contributed by atoms with van der Waals surface area (Å²) in [5.41, 5.74) is 2.56. The highest BCUT2D eigenvalue weighted by molar-refractivity contribution is 7.90. The van der Waals surface area contributed by atoms with Crippen molar-refractivity contribution in [3.63, 3.8) is 0 Å². The van der Waals surface area contributed by atoms with Crippen LogP contribution in [-0.2, 0) is 14.6 Å². The molecule has 0 aromatic heterocycles. The predicted octanol–water partition coefficient (Wildman–Crippen LogP) is 4.73. The summed E-state index contributed by atoms with van der Waals surface area (Å²) in [5.74, 6) is -0.403. The number of nitrogens with zero attached hydrogens (tertiary/aromatic N) is 1. The third-order valence-corrected chi connectivity index (χ3v) is 8.78. The SMILES string of the molecule is CCC(C(=O)NC1CCN(CCC(NC(=O)c2ccccc2)c2ccccc2)CC1)c1ccc(S(C)(=O)=O)cc1. The van der Waals surface area contributed by atoms with Crippen LogP contribution in [-0.4, -0.2) is 57.1 Å². The average Bonchev–Trinajstić information content (AvgIpc) is 2.97. The number of piperidine rings is 1. The topological polar surface area (TPSA) is 95.6 Å². The molecule has 0 bridgehead atoms. The van der Waals surface area contributed by atoms with Gasteiger partial charge in [-0.2, -0.15) is 0 Å².